The lowest BCUT2D eigenvalue weighted by Gasteiger charge is -2.09. The first-order chi connectivity index (χ1) is 3.39. The predicted octanol–water partition coefficient (Wildman–Crippen LogP) is 0.149. The molecule has 0 atom stereocenters. The summed E-state index contributed by atoms with van der Waals surface area (Å²) in [5.41, 5.74) is 0. The SMILES string of the molecule is O=[PH]1CCNCC1. The van der Waals surface area contributed by atoms with Crippen molar-refractivity contribution >= 4 is 7.80 Å². The Hall–Kier alpha value is 0.190. The van der Waals surface area contributed by atoms with E-state index in [0.29, 0.717) is 0 Å². The smallest absolute Gasteiger partial charge is 0.0787 e. The number of nitrogens with one attached hydrogen (secondary N) is 1. The average Bonchev–Trinajstić information content (AvgIpc) is 1.69. The first-order valence-electron chi connectivity index (χ1n) is 2.62. The van der Waals surface area contributed by atoms with Crippen LogP contribution in [0.5, 0.6) is 0 Å². The Kier molecular flexibility index (Phi) is 1.89. The molecule has 1 fully saturated rings. The van der Waals surface area contributed by atoms with E-state index >= 15 is 0 Å². The van der Waals surface area contributed by atoms with Gasteiger partial charge in [0.1, 0.15) is 0 Å². The Morgan fingerprint density at radius 1 is 1.29 bits per heavy atom. The van der Waals surface area contributed by atoms with Gasteiger partial charge < -0.3 is 9.88 Å². The molecular formula is C4H10NOP. The van der Waals surface area contributed by atoms with Crippen LogP contribution < -0.4 is 5.32 Å². The Morgan fingerprint density at radius 3 is 2.14 bits per heavy atom. The van der Waals surface area contributed by atoms with Crippen molar-refractivity contribution < 1.29 is 4.57 Å². The second-order valence-corrected chi connectivity index (χ2v) is 3.87. The van der Waals surface area contributed by atoms with Crippen LogP contribution in [0, 0.1) is 0 Å². The summed E-state index contributed by atoms with van der Waals surface area (Å²) >= 11 is 0. The van der Waals surface area contributed by atoms with E-state index in [1.54, 1.807) is 0 Å². The summed E-state index contributed by atoms with van der Waals surface area (Å²) in [7, 11) is -1.11. The zero-order valence-corrected chi connectivity index (χ0v) is 5.24. The van der Waals surface area contributed by atoms with Gasteiger partial charge in [0.2, 0.25) is 0 Å². The lowest BCUT2D eigenvalue weighted by atomic mass is 10.6. The molecule has 0 saturated carbocycles. The van der Waals surface area contributed by atoms with Crippen LogP contribution in [-0.4, -0.2) is 25.4 Å². The van der Waals surface area contributed by atoms with Gasteiger partial charge in [-0.2, -0.15) is 0 Å². The molecule has 7 heavy (non-hydrogen) atoms. The molecule has 0 unspecified atom stereocenters. The van der Waals surface area contributed by atoms with Crippen LogP contribution in [0.25, 0.3) is 0 Å². The Bertz CT molecular complexity index is 75.8. The number of rotatable bonds is 0. The molecule has 1 aliphatic rings. The molecule has 1 saturated heterocycles. The van der Waals surface area contributed by atoms with Gasteiger partial charge in [-0.3, -0.25) is 0 Å². The van der Waals surface area contributed by atoms with Crippen LogP contribution in [-0.2, 0) is 4.57 Å². The molecule has 0 aromatic heterocycles. The molecule has 0 bridgehead atoms. The maximum Gasteiger partial charge on any atom is 0.0787 e. The van der Waals surface area contributed by atoms with Crippen LogP contribution in [0.3, 0.4) is 0 Å². The summed E-state index contributed by atoms with van der Waals surface area (Å²) in [6.45, 7) is 1.94. The third-order valence-electron chi connectivity index (χ3n) is 1.16. The molecule has 1 aliphatic heterocycles. The third-order valence-corrected chi connectivity index (χ3v) is 2.78. The summed E-state index contributed by atoms with van der Waals surface area (Å²) in [6, 6.07) is 0. The van der Waals surface area contributed by atoms with E-state index in [1.807, 2.05) is 0 Å². The largest absolute Gasteiger partial charge is 0.327 e. The first kappa shape index (κ1) is 5.33. The molecule has 1 heterocycles. The van der Waals surface area contributed by atoms with E-state index in [2.05, 4.69) is 5.32 Å². The van der Waals surface area contributed by atoms with Gasteiger partial charge in [-0.05, 0) is 0 Å². The molecule has 0 aromatic carbocycles. The number of hydrogen-bond donors (Lipinski definition) is 1. The summed E-state index contributed by atoms with van der Waals surface area (Å²) in [6.07, 6.45) is 1.84. The lowest BCUT2D eigenvalue weighted by molar-refractivity contribution is 0.576. The highest BCUT2D eigenvalue weighted by Crippen LogP contribution is 2.19. The predicted molar refractivity (Wildman–Crippen MR) is 31.6 cm³/mol. The van der Waals surface area contributed by atoms with E-state index in [0.717, 1.165) is 25.4 Å². The second-order valence-electron chi connectivity index (χ2n) is 1.79. The van der Waals surface area contributed by atoms with E-state index in [1.165, 1.54) is 0 Å². The molecule has 1 rings (SSSR count). The highest BCUT2D eigenvalue weighted by Gasteiger charge is 2.03. The van der Waals surface area contributed by atoms with Gasteiger partial charge in [-0.1, -0.05) is 0 Å². The van der Waals surface area contributed by atoms with Gasteiger partial charge in [-0.25, -0.2) is 0 Å². The van der Waals surface area contributed by atoms with Gasteiger partial charge >= 0.3 is 0 Å². The molecule has 0 aromatic rings. The molecule has 0 spiro atoms. The third kappa shape index (κ3) is 1.62. The van der Waals surface area contributed by atoms with Gasteiger partial charge in [0.15, 0.2) is 0 Å². The van der Waals surface area contributed by atoms with Crippen LogP contribution in [0.2, 0.25) is 0 Å². The van der Waals surface area contributed by atoms with E-state index in [-0.39, 0.29) is 0 Å². The summed E-state index contributed by atoms with van der Waals surface area (Å²) < 4.78 is 10.6. The maximum atomic E-state index is 10.6. The van der Waals surface area contributed by atoms with Gasteiger partial charge in [0.25, 0.3) is 0 Å². The van der Waals surface area contributed by atoms with E-state index in [9.17, 15) is 4.57 Å². The summed E-state index contributed by atoms with van der Waals surface area (Å²) in [5.74, 6) is 0. The van der Waals surface area contributed by atoms with Crippen LogP contribution in [0.1, 0.15) is 0 Å². The summed E-state index contributed by atoms with van der Waals surface area (Å²) in [4.78, 5) is 0. The minimum Gasteiger partial charge on any atom is -0.327 e. The van der Waals surface area contributed by atoms with Gasteiger partial charge in [0.05, 0.1) is 7.80 Å². The van der Waals surface area contributed by atoms with Gasteiger partial charge in [0, 0.05) is 25.4 Å². The van der Waals surface area contributed by atoms with Crippen molar-refractivity contribution in [3.05, 3.63) is 0 Å². The molecule has 1 N–H and O–H groups in total. The molecule has 2 nitrogen and oxygen atoms in total. The zero-order chi connectivity index (χ0) is 5.11. The second kappa shape index (κ2) is 2.49. The highest BCUT2D eigenvalue weighted by atomic mass is 31.1. The van der Waals surface area contributed by atoms with Crippen molar-refractivity contribution in [2.24, 2.45) is 0 Å². The fourth-order valence-electron chi connectivity index (χ4n) is 0.706. The van der Waals surface area contributed by atoms with Crippen molar-refractivity contribution in [1.29, 1.82) is 0 Å². The van der Waals surface area contributed by atoms with Crippen molar-refractivity contribution in [1.82, 2.24) is 5.32 Å². The molecule has 0 radical (unpaired) electrons. The molecular weight excluding hydrogens is 109 g/mol. The Balaban J connectivity index is 2.25. The number of hydrogen-bond acceptors (Lipinski definition) is 2. The standard InChI is InChI=1S/C4H10NOP/c6-7-3-1-5-2-4-7/h5,7H,1-4H2. The van der Waals surface area contributed by atoms with Crippen LogP contribution in [0.15, 0.2) is 0 Å². The first-order valence-corrected chi connectivity index (χ1v) is 4.44. The normalized spacial score (nSPS) is 25.1. The molecule has 3 heteroatoms. The van der Waals surface area contributed by atoms with Crippen molar-refractivity contribution in [3.63, 3.8) is 0 Å². The maximum absolute atomic E-state index is 10.6. The van der Waals surface area contributed by atoms with Crippen molar-refractivity contribution in [3.8, 4) is 0 Å². The zero-order valence-electron chi connectivity index (χ0n) is 4.24. The molecule has 0 amide bonds. The minimum atomic E-state index is -1.11. The Morgan fingerprint density at radius 2 is 1.86 bits per heavy atom. The Labute approximate surface area is 44.1 Å². The monoisotopic (exact) mass is 119 g/mol. The highest BCUT2D eigenvalue weighted by molar-refractivity contribution is 7.44. The summed E-state index contributed by atoms with van der Waals surface area (Å²) in [5, 5.41) is 3.14. The van der Waals surface area contributed by atoms with Crippen molar-refractivity contribution in [2.45, 2.75) is 0 Å². The van der Waals surface area contributed by atoms with E-state index < -0.39 is 7.80 Å². The molecule has 42 valence electrons. The fourth-order valence-corrected chi connectivity index (χ4v) is 1.87. The molecule has 0 aliphatic carbocycles. The van der Waals surface area contributed by atoms with Gasteiger partial charge in [-0.15, -0.1) is 0 Å². The average molecular weight is 119 g/mol. The lowest BCUT2D eigenvalue weighted by Crippen LogP contribution is -2.25. The van der Waals surface area contributed by atoms with Crippen LogP contribution in [0.4, 0.5) is 0 Å². The fraction of sp³-hybridized carbons (Fsp3) is 1.00. The topological polar surface area (TPSA) is 29.1 Å². The minimum absolute atomic E-state index is 0.921. The quantitative estimate of drug-likeness (QED) is 0.460. The van der Waals surface area contributed by atoms with Crippen molar-refractivity contribution in [2.75, 3.05) is 25.4 Å². The van der Waals surface area contributed by atoms with Crippen LogP contribution >= 0.6 is 7.80 Å². The van der Waals surface area contributed by atoms with E-state index in [4.69, 9.17) is 0 Å².